The number of nitrogens with zero attached hydrogens (tertiary/aromatic N) is 3. The summed E-state index contributed by atoms with van der Waals surface area (Å²) in [5.41, 5.74) is 2.94. The van der Waals surface area contributed by atoms with Gasteiger partial charge >= 0.3 is 0 Å². The minimum atomic E-state index is -0.885. The van der Waals surface area contributed by atoms with Crippen molar-refractivity contribution in [2.75, 3.05) is 40.3 Å². The molecular formula is C34H63N5O5. The molecular weight excluding hydrogens is 558 g/mol. The zero-order valence-corrected chi connectivity index (χ0v) is 28.8. The van der Waals surface area contributed by atoms with E-state index in [9.17, 15) is 24.3 Å². The summed E-state index contributed by atoms with van der Waals surface area (Å²) in [5.74, 6) is -1.36. The molecule has 0 aromatic carbocycles. The first-order valence-corrected chi connectivity index (χ1v) is 17.4. The molecule has 4 amide bonds. The van der Waals surface area contributed by atoms with Crippen LogP contribution < -0.4 is 10.7 Å². The van der Waals surface area contributed by atoms with Crippen LogP contribution in [-0.2, 0) is 19.2 Å². The fraction of sp³-hybridized carbons (Fsp3) is 0.882. The maximum atomic E-state index is 14.0. The zero-order chi connectivity index (χ0) is 32.8. The van der Waals surface area contributed by atoms with Gasteiger partial charge in [-0.25, -0.2) is 5.01 Å². The molecule has 10 heteroatoms. The third-order valence-electron chi connectivity index (χ3n) is 9.31. The molecule has 2 rings (SSSR count). The number of hydrogen-bond acceptors (Lipinski definition) is 6. The lowest BCUT2D eigenvalue weighted by atomic mass is 9.73. The fourth-order valence-electron chi connectivity index (χ4n) is 6.93. The van der Waals surface area contributed by atoms with E-state index in [4.69, 9.17) is 0 Å². The zero-order valence-electron chi connectivity index (χ0n) is 28.8. The summed E-state index contributed by atoms with van der Waals surface area (Å²) in [5, 5.41) is 16.5. The summed E-state index contributed by atoms with van der Waals surface area (Å²) >= 11 is 0. The van der Waals surface area contributed by atoms with E-state index >= 15 is 0 Å². The van der Waals surface area contributed by atoms with Gasteiger partial charge in [0.05, 0.1) is 12.1 Å². The molecule has 5 unspecified atom stereocenters. The van der Waals surface area contributed by atoms with Gasteiger partial charge in [0.1, 0.15) is 0 Å². The lowest BCUT2D eigenvalue weighted by Crippen LogP contribution is -2.55. The maximum Gasteiger partial charge on any atom is 0.236 e. The normalized spacial score (nSPS) is 22.4. The van der Waals surface area contributed by atoms with Crippen molar-refractivity contribution in [1.29, 1.82) is 0 Å². The number of nitrogens with one attached hydrogen (secondary N) is 2. The largest absolute Gasteiger partial charge is 0.390 e. The summed E-state index contributed by atoms with van der Waals surface area (Å²) in [7, 11) is 3.44. The molecule has 0 bridgehead atoms. The number of rotatable bonds is 17. The van der Waals surface area contributed by atoms with Crippen molar-refractivity contribution in [1.82, 2.24) is 25.6 Å². The Bertz CT molecular complexity index is 900. The molecule has 0 aromatic heterocycles. The standard InChI is InChI=1S/C34H63N5O5/c1-8-16-38(17-9-2)34(44)28-21-26(20-27(22-28)33(43)37(6)7)32(42)35-29(19-25-14-12-11-13-15-25)30(40)23-39(18-10-3)36-31(41)24(4)5/h24-30,40H,8-23H2,1-7H3,(H,35,42)(H,36,41). The van der Waals surface area contributed by atoms with Gasteiger partial charge in [-0.2, -0.15) is 0 Å². The monoisotopic (exact) mass is 621 g/mol. The van der Waals surface area contributed by atoms with Gasteiger partial charge < -0.3 is 20.2 Å². The Kier molecular flexibility index (Phi) is 16.7. The van der Waals surface area contributed by atoms with Gasteiger partial charge in [-0.3, -0.25) is 24.6 Å². The first kappa shape index (κ1) is 38.0. The Morgan fingerprint density at radius 1 is 0.795 bits per heavy atom. The highest BCUT2D eigenvalue weighted by Crippen LogP contribution is 2.36. The summed E-state index contributed by atoms with van der Waals surface area (Å²) in [6, 6.07) is -0.489. The maximum absolute atomic E-state index is 14.0. The Hall–Kier alpha value is -2.20. The van der Waals surface area contributed by atoms with Crippen molar-refractivity contribution in [2.24, 2.45) is 29.6 Å². The quantitative estimate of drug-likeness (QED) is 0.211. The van der Waals surface area contributed by atoms with E-state index in [1.807, 2.05) is 25.7 Å². The van der Waals surface area contributed by atoms with Gasteiger partial charge in [-0.1, -0.05) is 66.7 Å². The van der Waals surface area contributed by atoms with Gasteiger partial charge in [-0.05, 0) is 50.9 Å². The van der Waals surface area contributed by atoms with Gasteiger partial charge in [0.2, 0.25) is 23.6 Å². The average molecular weight is 622 g/mol. The molecule has 0 radical (unpaired) electrons. The van der Waals surface area contributed by atoms with Crippen molar-refractivity contribution >= 4 is 23.6 Å². The number of aliphatic hydroxyl groups excluding tert-OH is 1. The molecule has 2 saturated carbocycles. The van der Waals surface area contributed by atoms with E-state index in [1.165, 1.54) is 6.42 Å². The van der Waals surface area contributed by atoms with E-state index in [0.717, 1.165) is 44.9 Å². The summed E-state index contributed by atoms with van der Waals surface area (Å²) in [4.78, 5) is 56.8. The number of aliphatic hydroxyl groups is 1. The van der Waals surface area contributed by atoms with E-state index in [-0.39, 0.29) is 42.0 Å². The molecule has 0 spiro atoms. The SMILES string of the molecule is CCCN(CC(O)C(CC1CCCCC1)NC(=O)C1CC(C(=O)N(C)C)CC(C(=O)N(CCC)CCC)C1)NC(=O)C(C)C. The molecule has 0 heterocycles. The summed E-state index contributed by atoms with van der Waals surface area (Å²) in [6.07, 6.45) is 9.23. The van der Waals surface area contributed by atoms with Crippen LogP contribution in [0.5, 0.6) is 0 Å². The molecule has 3 N–H and O–H groups in total. The predicted octanol–water partition coefficient (Wildman–Crippen LogP) is 3.97. The number of amides is 4. The van der Waals surface area contributed by atoms with Crippen molar-refractivity contribution in [3.8, 4) is 0 Å². The molecule has 10 nitrogen and oxygen atoms in total. The van der Waals surface area contributed by atoms with Crippen LogP contribution in [0.1, 0.15) is 112 Å². The third kappa shape index (κ3) is 12.0. The predicted molar refractivity (Wildman–Crippen MR) is 174 cm³/mol. The van der Waals surface area contributed by atoms with Crippen LogP contribution in [0.15, 0.2) is 0 Å². The molecule has 254 valence electrons. The van der Waals surface area contributed by atoms with Crippen LogP contribution in [0.2, 0.25) is 0 Å². The molecule has 2 fully saturated rings. The van der Waals surface area contributed by atoms with Crippen LogP contribution in [0, 0.1) is 29.6 Å². The van der Waals surface area contributed by atoms with Crippen LogP contribution in [-0.4, -0.2) is 96.0 Å². The highest BCUT2D eigenvalue weighted by Gasteiger charge is 2.41. The van der Waals surface area contributed by atoms with Crippen LogP contribution in [0.25, 0.3) is 0 Å². The minimum absolute atomic E-state index is 0.0395. The van der Waals surface area contributed by atoms with E-state index in [0.29, 0.717) is 51.2 Å². The lowest BCUT2D eigenvalue weighted by Gasteiger charge is -2.38. The Balaban J connectivity index is 2.28. The van der Waals surface area contributed by atoms with Crippen LogP contribution >= 0.6 is 0 Å². The summed E-state index contributed by atoms with van der Waals surface area (Å²) < 4.78 is 0. The fourth-order valence-corrected chi connectivity index (χ4v) is 6.93. The van der Waals surface area contributed by atoms with E-state index < -0.39 is 24.0 Å². The van der Waals surface area contributed by atoms with Crippen molar-refractivity contribution < 1.29 is 24.3 Å². The smallest absolute Gasteiger partial charge is 0.236 e. The van der Waals surface area contributed by atoms with Crippen LogP contribution in [0.4, 0.5) is 0 Å². The first-order valence-electron chi connectivity index (χ1n) is 17.4. The van der Waals surface area contributed by atoms with Gasteiger partial charge in [0.25, 0.3) is 0 Å². The second kappa shape index (κ2) is 19.3. The highest BCUT2D eigenvalue weighted by molar-refractivity contribution is 5.86. The van der Waals surface area contributed by atoms with Crippen molar-refractivity contribution in [3.05, 3.63) is 0 Å². The second-order valence-electron chi connectivity index (χ2n) is 13.9. The topological polar surface area (TPSA) is 122 Å². The molecule has 44 heavy (non-hydrogen) atoms. The Labute approximate surface area is 267 Å². The van der Waals surface area contributed by atoms with Gasteiger partial charge in [0.15, 0.2) is 0 Å². The molecule has 0 aromatic rings. The third-order valence-corrected chi connectivity index (χ3v) is 9.31. The van der Waals surface area contributed by atoms with Crippen LogP contribution in [0.3, 0.4) is 0 Å². The number of carbonyl (C=O) groups excluding carboxylic acids is 4. The molecule has 0 saturated heterocycles. The highest BCUT2D eigenvalue weighted by atomic mass is 16.3. The number of carbonyl (C=O) groups is 4. The first-order chi connectivity index (χ1) is 20.9. The molecule has 2 aliphatic rings. The number of hydrogen-bond donors (Lipinski definition) is 3. The van der Waals surface area contributed by atoms with E-state index in [2.05, 4.69) is 24.6 Å². The number of hydrazine groups is 1. The Morgan fingerprint density at radius 3 is 1.86 bits per heavy atom. The second-order valence-corrected chi connectivity index (χ2v) is 13.9. The van der Waals surface area contributed by atoms with E-state index in [1.54, 1.807) is 24.0 Å². The Morgan fingerprint density at radius 2 is 1.34 bits per heavy atom. The minimum Gasteiger partial charge on any atom is -0.390 e. The average Bonchev–Trinajstić information content (AvgIpc) is 3.00. The summed E-state index contributed by atoms with van der Waals surface area (Å²) in [6.45, 7) is 11.9. The van der Waals surface area contributed by atoms with Crippen molar-refractivity contribution in [3.63, 3.8) is 0 Å². The van der Waals surface area contributed by atoms with Gasteiger partial charge in [0, 0.05) is 63.9 Å². The lowest BCUT2D eigenvalue weighted by molar-refractivity contribution is -0.143. The van der Waals surface area contributed by atoms with Gasteiger partial charge in [-0.15, -0.1) is 0 Å². The molecule has 2 aliphatic carbocycles. The molecule has 0 aliphatic heterocycles. The molecule has 5 atom stereocenters. The van der Waals surface area contributed by atoms with Crippen molar-refractivity contribution in [2.45, 2.75) is 124 Å².